The Morgan fingerprint density at radius 1 is 1.21 bits per heavy atom. The van der Waals surface area contributed by atoms with Crippen molar-refractivity contribution >= 4 is 56.3 Å². The number of aliphatic imine (C=N–C) groups is 1. The van der Waals surface area contributed by atoms with E-state index < -0.39 is 5.97 Å². The molecular formula is C21H14BrClN2O3. The molecule has 0 aliphatic carbocycles. The minimum absolute atomic E-state index is 0.0691. The Kier molecular flexibility index (Phi) is 5.07. The fourth-order valence-electron chi connectivity index (χ4n) is 2.96. The van der Waals surface area contributed by atoms with Crippen LogP contribution in [0.15, 0.2) is 74.7 Å². The molecule has 0 saturated carbocycles. The van der Waals surface area contributed by atoms with Gasteiger partial charge in [-0.1, -0.05) is 29.8 Å². The summed E-state index contributed by atoms with van der Waals surface area (Å²) in [5.41, 5.74) is 2.70. The fourth-order valence-corrected chi connectivity index (χ4v) is 3.39. The highest BCUT2D eigenvalue weighted by Crippen LogP contribution is 2.28. The van der Waals surface area contributed by atoms with E-state index in [2.05, 4.69) is 20.9 Å². The molecule has 2 aromatic heterocycles. The Balaban J connectivity index is 1.68. The number of aromatic nitrogens is 1. The van der Waals surface area contributed by atoms with Crippen LogP contribution in [0.2, 0.25) is 5.02 Å². The number of fused-ring (bicyclic) bond motifs is 1. The van der Waals surface area contributed by atoms with Crippen molar-refractivity contribution in [2.24, 2.45) is 4.99 Å². The molecule has 0 amide bonds. The molecule has 140 valence electrons. The second kappa shape index (κ2) is 7.66. The van der Waals surface area contributed by atoms with Crippen LogP contribution in [-0.4, -0.2) is 21.9 Å². The molecule has 2 aromatic carbocycles. The van der Waals surface area contributed by atoms with Crippen molar-refractivity contribution in [1.29, 1.82) is 0 Å². The summed E-state index contributed by atoms with van der Waals surface area (Å²) in [7, 11) is 0. The van der Waals surface area contributed by atoms with Crippen molar-refractivity contribution in [3.05, 3.63) is 87.4 Å². The molecule has 28 heavy (non-hydrogen) atoms. The van der Waals surface area contributed by atoms with Gasteiger partial charge in [-0.05, 0) is 52.3 Å². The van der Waals surface area contributed by atoms with E-state index in [1.54, 1.807) is 18.3 Å². The molecule has 0 aliphatic rings. The summed E-state index contributed by atoms with van der Waals surface area (Å²) in [6.45, 7) is 0.422. The third-order valence-electron chi connectivity index (χ3n) is 4.27. The summed E-state index contributed by atoms with van der Waals surface area (Å²) in [4.78, 5) is 15.5. The summed E-state index contributed by atoms with van der Waals surface area (Å²) < 4.78 is 8.22. The first-order chi connectivity index (χ1) is 13.5. The topological polar surface area (TPSA) is 67.7 Å². The lowest BCUT2D eigenvalue weighted by atomic mass is 10.2. The second-order valence-corrected chi connectivity index (χ2v) is 7.42. The number of carboxylic acid groups (broad SMARTS) is 1. The second-order valence-electron chi connectivity index (χ2n) is 6.16. The zero-order chi connectivity index (χ0) is 19.7. The third kappa shape index (κ3) is 3.74. The van der Waals surface area contributed by atoms with Crippen molar-refractivity contribution in [1.82, 2.24) is 4.57 Å². The van der Waals surface area contributed by atoms with E-state index >= 15 is 0 Å². The van der Waals surface area contributed by atoms with Crippen LogP contribution >= 0.6 is 27.5 Å². The zero-order valence-electron chi connectivity index (χ0n) is 14.5. The van der Waals surface area contributed by atoms with Crippen molar-refractivity contribution in [2.75, 3.05) is 0 Å². The smallest absolute Gasteiger partial charge is 0.371 e. The predicted octanol–water partition coefficient (Wildman–Crippen LogP) is 6.15. The van der Waals surface area contributed by atoms with Crippen molar-refractivity contribution in [2.45, 2.75) is 6.54 Å². The quantitative estimate of drug-likeness (QED) is 0.366. The molecule has 2 heterocycles. The molecule has 5 nitrogen and oxygen atoms in total. The monoisotopic (exact) mass is 456 g/mol. The number of carboxylic acids is 1. The van der Waals surface area contributed by atoms with Crippen LogP contribution in [0.4, 0.5) is 5.69 Å². The van der Waals surface area contributed by atoms with Crippen LogP contribution in [0.1, 0.15) is 21.9 Å². The Morgan fingerprint density at radius 3 is 2.79 bits per heavy atom. The largest absolute Gasteiger partial charge is 0.475 e. The molecule has 4 aromatic rings. The first-order valence-electron chi connectivity index (χ1n) is 8.40. The number of carbonyl (C=O) groups is 1. The normalized spacial score (nSPS) is 11.5. The van der Waals surface area contributed by atoms with Gasteiger partial charge < -0.3 is 14.1 Å². The van der Waals surface area contributed by atoms with Gasteiger partial charge in [0.1, 0.15) is 5.76 Å². The van der Waals surface area contributed by atoms with Crippen LogP contribution < -0.4 is 0 Å². The number of aromatic carboxylic acids is 1. The Labute approximate surface area is 174 Å². The van der Waals surface area contributed by atoms with Gasteiger partial charge in [0.2, 0.25) is 5.76 Å². The SMILES string of the molecule is O=C(O)c1ccc(Cn2cc(C=Nc3ccc(Br)c(Cl)c3)c3ccccc32)o1. The molecule has 0 unspecified atom stereocenters. The lowest BCUT2D eigenvalue weighted by Crippen LogP contribution is -1.97. The van der Waals surface area contributed by atoms with Gasteiger partial charge in [0, 0.05) is 33.4 Å². The van der Waals surface area contributed by atoms with Gasteiger partial charge in [0.05, 0.1) is 17.3 Å². The maximum atomic E-state index is 11.0. The molecule has 0 bridgehead atoms. The Morgan fingerprint density at radius 2 is 2.04 bits per heavy atom. The maximum absolute atomic E-state index is 11.0. The molecule has 0 aliphatic heterocycles. The first kappa shape index (κ1) is 18.5. The minimum atomic E-state index is -1.08. The number of rotatable bonds is 5. The number of hydrogen-bond donors (Lipinski definition) is 1. The van der Waals surface area contributed by atoms with Gasteiger partial charge in [-0.2, -0.15) is 0 Å². The Hall–Kier alpha value is -2.83. The van der Waals surface area contributed by atoms with Crippen molar-refractivity contribution < 1.29 is 14.3 Å². The zero-order valence-corrected chi connectivity index (χ0v) is 16.8. The van der Waals surface area contributed by atoms with Gasteiger partial charge in [0.25, 0.3) is 0 Å². The molecule has 0 spiro atoms. The third-order valence-corrected chi connectivity index (χ3v) is 5.51. The van der Waals surface area contributed by atoms with E-state index in [1.807, 2.05) is 47.2 Å². The highest BCUT2D eigenvalue weighted by atomic mass is 79.9. The molecule has 0 radical (unpaired) electrons. The van der Waals surface area contributed by atoms with Crippen LogP contribution in [0.5, 0.6) is 0 Å². The van der Waals surface area contributed by atoms with E-state index in [4.69, 9.17) is 21.1 Å². The highest BCUT2D eigenvalue weighted by Gasteiger charge is 2.12. The van der Waals surface area contributed by atoms with Gasteiger partial charge in [0.15, 0.2) is 0 Å². The predicted molar refractivity (Wildman–Crippen MR) is 113 cm³/mol. The highest BCUT2D eigenvalue weighted by molar-refractivity contribution is 9.10. The van der Waals surface area contributed by atoms with Crippen LogP contribution in [0.25, 0.3) is 10.9 Å². The van der Waals surface area contributed by atoms with Crippen LogP contribution in [-0.2, 0) is 6.54 Å². The maximum Gasteiger partial charge on any atom is 0.371 e. The number of halogens is 2. The molecule has 0 fully saturated rings. The average Bonchev–Trinajstić information content (AvgIpc) is 3.29. The molecule has 7 heteroatoms. The van der Waals surface area contributed by atoms with Gasteiger partial charge in [-0.25, -0.2) is 4.79 Å². The minimum Gasteiger partial charge on any atom is -0.475 e. The number of nitrogens with zero attached hydrogens (tertiary/aromatic N) is 2. The number of furan rings is 1. The summed E-state index contributed by atoms with van der Waals surface area (Å²) in [6, 6.07) is 16.6. The summed E-state index contributed by atoms with van der Waals surface area (Å²) in [6.07, 6.45) is 3.76. The van der Waals surface area contributed by atoms with Gasteiger partial charge in [-0.3, -0.25) is 4.99 Å². The summed E-state index contributed by atoms with van der Waals surface area (Å²) >= 11 is 9.50. The molecular weight excluding hydrogens is 444 g/mol. The van der Waals surface area contributed by atoms with Crippen molar-refractivity contribution in [3.63, 3.8) is 0 Å². The van der Waals surface area contributed by atoms with E-state index in [-0.39, 0.29) is 5.76 Å². The summed E-state index contributed by atoms with van der Waals surface area (Å²) in [5, 5.41) is 10.7. The van der Waals surface area contributed by atoms with Gasteiger partial charge in [-0.15, -0.1) is 0 Å². The average molecular weight is 458 g/mol. The molecule has 4 rings (SSSR count). The van der Waals surface area contributed by atoms with Crippen LogP contribution in [0, 0.1) is 0 Å². The summed E-state index contributed by atoms with van der Waals surface area (Å²) in [5.74, 6) is -0.578. The lowest BCUT2D eigenvalue weighted by molar-refractivity contribution is 0.0660. The molecule has 0 saturated heterocycles. The number of hydrogen-bond acceptors (Lipinski definition) is 3. The van der Waals surface area contributed by atoms with E-state index in [0.717, 1.165) is 26.6 Å². The standard InChI is InChI=1S/C21H14BrClN2O3/c22-17-7-5-14(9-18(17)23)24-10-13-11-25(19-4-2-1-3-16(13)19)12-15-6-8-20(28-15)21(26)27/h1-11H,12H2,(H,26,27). The van der Waals surface area contributed by atoms with Crippen LogP contribution in [0.3, 0.4) is 0 Å². The van der Waals surface area contributed by atoms with Gasteiger partial charge >= 0.3 is 5.97 Å². The van der Waals surface area contributed by atoms with E-state index in [1.165, 1.54) is 6.07 Å². The number of benzene rings is 2. The van der Waals surface area contributed by atoms with Crippen molar-refractivity contribution in [3.8, 4) is 0 Å². The van der Waals surface area contributed by atoms with E-state index in [9.17, 15) is 4.79 Å². The molecule has 0 atom stereocenters. The molecule has 1 N–H and O–H groups in total. The van der Waals surface area contributed by atoms with E-state index in [0.29, 0.717) is 17.3 Å². The number of para-hydroxylation sites is 1. The first-order valence-corrected chi connectivity index (χ1v) is 9.57. The Bertz CT molecular complexity index is 1210. The lowest BCUT2D eigenvalue weighted by Gasteiger charge is -2.02. The fraction of sp³-hybridized carbons (Fsp3) is 0.0476.